The number of rotatable bonds is 4. The smallest absolute Gasteiger partial charge is 0.223 e. The van der Waals surface area contributed by atoms with Crippen LogP contribution in [0.1, 0.15) is 64.7 Å². The van der Waals surface area contributed by atoms with Gasteiger partial charge in [0.25, 0.3) is 0 Å². The molecule has 0 spiro atoms. The maximum Gasteiger partial charge on any atom is 0.223 e. The molecule has 3 aliphatic rings. The van der Waals surface area contributed by atoms with Crippen molar-refractivity contribution >= 4 is 18.3 Å². The molecule has 0 radical (unpaired) electrons. The minimum atomic E-state index is 0. The molecule has 2 unspecified atom stereocenters. The Morgan fingerprint density at radius 2 is 1.70 bits per heavy atom. The van der Waals surface area contributed by atoms with Gasteiger partial charge in [-0.3, -0.25) is 4.79 Å². The van der Waals surface area contributed by atoms with Crippen molar-refractivity contribution in [1.29, 1.82) is 0 Å². The molecule has 2 bridgehead atoms. The fraction of sp³-hybridized carbons (Fsp3) is 0.938. The van der Waals surface area contributed by atoms with E-state index in [1.54, 1.807) is 0 Å². The van der Waals surface area contributed by atoms with Crippen LogP contribution in [0.3, 0.4) is 0 Å². The maximum absolute atomic E-state index is 12.6. The highest BCUT2D eigenvalue weighted by atomic mass is 35.5. The van der Waals surface area contributed by atoms with Crippen molar-refractivity contribution in [2.45, 2.75) is 82.8 Å². The van der Waals surface area contributed by atoms with Crippen LogP contribution in [0.5, 0.6) is 0 Å². The van der Waals surface area contributed by atoms with E-state index in [9.17, 15) is 4.79 Å². The Balaban J connectivity index is 0.00000147. The van der Waals surface area contributed by atoms with Crippen molar-refractivity contribution in [3.8, 4) is 0 Å². The van der Waals surface area contributed by atoms with Gasteiger partial charge in [0.05, 0.1) is 0 Å². The first kappa shape index (κ1) is 16.1. The Morgan fingerprint density at radius 1 is 1.10 bits per heavy atom. The molecule has 2 saturated heterocycles. The van der Waals surface area contributed by atoms with Crippen molar-refractivity contribution in [3.05, 3.63) is 0 Å². The van der Waals surface area contributed by atoms with Gasteiger partial charge in [0.15, 0.2) is 0 Å². The molecule has 116 valence electrons. The molecule has 2 atom stereocenters. The van der Waals surface area contributed by atoms with Crippen LogP contribution in [-0.4, -0.2) is 35.5 Å². The minimum absolute atomic E-state index is 0. The first-order valence-corrected chi connectivity index (χ1v) is 8.31. The number of amides is 1. The molecule has 3 rings (SSSR count). The van der Waals surface area contributed by atoms with Crippen molar-refractivity contribution in [3.63, 3.8) is 0 Å². The molecule has 1 N–H and O–H groups in total. The van der Waals surface area contributed by atoms with Crippen molar-refractivity contribution in [1.82, 2.24) is 10.2 Å². The topological polar surface area (TPSA) is 32.3 Å². The molecule has 0 aromatic carbocycles. The highest BCUT2D eigenvalue weighted by molar-refractivity contribution is 5.85. The van der Waals surface area contributed by atoms with Crippen molar-refractivity contribution in [2.24, 2.45) is 5.92 Å². The summed E-state index contributed by atoms with van der Waals surface area (Å²) < 4.78 is 0. The van der Waals surface area contributed by atoms with Crippen LogP contribution in [0.2, 0.25) is 0 Å². The first-order chi connectivity index (χ1) is 9.26. The van der Waals surface area contributed by atoms with Gasteiger partial charge in [-0.15, -0.1) is 12.4 Å². The molecule has 3 nitrogen and oxygen atoms in total. The van der Waals surface area contributed by atoms with E-state index < -0.39 is 0 Å². The largest absolute Gasteiger partial charge is 0.340 e. The van der Waals surface area contributed by atoms with E-state index in [4.69, 9.17) is 0 Å². The van der Waals surface area contributed by atoms with Crippen LogP contribution in [0.4, 0.5) is 0 Å². The van der Waals surface area contributed by atoms with Gasteiger partial charge < -0.3 is 10.2 Å². The summed E-state index contributed by atoms with van der Waals surface area (Å²) in [5.74, 6) is 1.07. The molecule has 1 amide bonds. The molecule has 4 heteroatoms. The Kier molecular flexibility index (Phi) is 5.74. The van der Waals surface area contributed by atoms with Gasteiger partial charge in [-0.05, 0) is 51.4 Å². The lowest BCUT2D eigenvalue weighted by Gasteiger charge is -2.32. The van der Waals surface area contributed by atoms with Crippen LogP contribution in [0.25, 0.3) is 0 Å². The molecule has 0 aromatic rings. The number of hydrogen-bond acceptors (Lipinski definition) is 2. The third-order valence-electron chi connectivity index (χ3n) is 5.46. The summed E-state index contributed by atoms with van der Waals surface area (Å²) in [5.41, 5.74) is 0. The number of hydrogen-bond donors (Lipinski definition) is 1. The van der Waals surface area contributed by atoms with Crippen molar-refractivity contribution < 1.29 is 4.79 Å². The van der Waals surface area contributed by atoms with Crippen LogP contribution < -0.4 is 5.32 Å². The zero-order valence-corrected chi connectivity index (χ0v) is 13.5. The van der Waals surface area contributed by atoms with E-state index >= 15 is 0 Å². The van der Waals surface area contributed by atoms with Gasteiger partial charge >= 0.3 is 0 Å². The number of carbonyl (C=O) groups excluding carboxylic acids is 1. The highest BCUT2D eigenvalue weighted by Gasteiger charge is 2.35. The minimum Gasteiger partial charge on any atom is -0.340 e. The predicted octanol–water partition coefficient (Wildman–Crippen LogP) is 3.12. The normalized spacial score (nSPS) is 33.0. The van der Waals surface area contributed by atoms with Gasteiger partial charge in [-0.1, -0.05) is 12.8 Å². The number of halogens is 1. The predicted molar refractivity (Wildman–Crippen MR) is 84.2 cm³/mol. The molecule has 2 heterocycles. The molecule has 1 saturated carbocycles. The molecule has 1 aliphatic carbocycles. The van der Waals surface area contributed by atoms with E-state index in [0.29, 0.717) is 30.0 Å². The fourth-order valence-corrected chi connectivity index (χ4v) is 4.56. The SMILES string of the molecule is CCN(C(=O)CC1CC2CCC(C1)N2)C1CCCC1.Cl. The lowest BCUT2D eigenvalue weighted by Crippen LogP contribution is -2.42. The van der Waals surface area contributed by atoms with Crippen LogP contribution in [0, 0.1) is 5.92 Å². The van der Waals surface area contributed by atoms with E-state index in [1.807, 2.05) is 0 Å². The van der Waals surface area contributed by atoms with Crippen LogP contribution in [0.15, 0.2) is 0 Å². The summed E-state index contributed by atoms with van der Waals surface area (Å²) in [6.07, 6.45) is 11.0. The summed E-state index contributed by atoms with van der Waals surface area (Å²) in [5, 5.41) is 3.67. The van der Waals surface area contributed by atoms with Gasteiger partial charge in [0.2, 0.25) is 5.91 Å². The summed E-state index contributed by atoms with van der Waals surface area (Å²) in [4.78, 5) is 14.7. The quantitative estimate of drug-likeness (QED) is 0.865. The lowest BCUT2D eigenvalue weighted by atomic mass is 9.89. The van der Waals surface area contributed by atoms with E-state index in [1.165, 1.54) is 51.4 Å². The van der Waals surface area contributed by atoms with Gasteiger partial charge in [-0.2, -0.15) is 0 Å². The zero-order chi connectivity index (χ0) is 13.2. The van der Waals surface area contributed by atoms with Gasteiger partial charge in [0, 0.05) is 31.1 Å². The maximum atomic E-state index is 12.6. The van der Waals surface area contributed by atoms with E-state index in [0.717, 1.165) is 13.0 Å². The number of fused-ring (bicyclic) bond motifs is 2. The number of carbonyl (C=O) groups is 1. The Hall–Kier alpha value is -0.280. The average Bonchev–Trinajstić information content (AvgIpc) is 3.01. The monoisotopic (exact) mass is 300 g/mol. The second-order valence-corrected chi connectivity index (χ2v) is 6.80. The molecular formula is C16H29ClN2O. The zero-order valence-electron chi connectivity index (χ0n) is 12.6. The summed E-state index contributed by atoms with van der Waals surface area (Å²) in [7, 11) is 0. The standard InChI is InChI=1S/C16H28N2O.ClH/c1-2-18(15-5-3-4-6-15)16(19)11-12-9-13-7-8-14(10-12)17-13;/h12-15,17H,2-11H2,1H3;1H. The van der Waals surface area contributed by atoms with Gasteiger partial charge in [0.1, 0.15) is 0 Å². The Labute approximate surface area is 129 Å². The first-order valence-electron chi connectivity index (χ1n) is 8.31. The Bertz CT molecular complexity index is 318. The van der Waals surface area contributed by atoms with Crippen LogP contribution in [-0.2, 0) is 4.79 Å². The molecular weight excluding hydrogens is 272 g/mol. The summed E-state index contributed by atoms with van der Waals surface area (Å²) >= 11 is 0. The third-order valence-corrected chi connectivity index (χ3v) is 5.46. The van der Waals surface area contributed by atoms with Gasteiger partial charge in [-0.25, -0.2) is 0 Å². The molecule has 2 aliphatic heterocycles. The van der Waals surface area contributed by atoms with E-state index in [2.05, 4.69) is 17.1 Å². The average molecular weight is 301 g/mol. The fourth-order valence-electron chi connectivity index (χ4n) is 4.56. The summed E-state index contributed by atoms with van der Waals surface area (Å²) in [6, 6.07) is 1.96. The number of nitrogens with zero attached hydrogens (tertiary/aromatic N) is 1. The third kappa shape index (κ3) is 3.48. The molecule has 0 aromatic heterocycles. The van der Waals surface area contributed by atoms with Crippen LogP contribution >= 0.6 is 12.4 Å². The number of piperidine rings is 1. The second-order valence-electron chi connectivity index (χ2n) is 6.80. The Morgan fingerprint density at radius 3 is 2.25 bits per heavy atom. The van der Waals surface area contributed by atoms with E-state index in [-0.39, 0.29) is 12.4 Å². The van der Waals surface area contributed by atoms with Crippen molar-refractivity contribution in [2.75, 3.05) is 6.54 Å². The molecule has 20 heavy (non-hydrogen) atoms. The highest BCUT2D eigenvalue weighted by Crippen LogP contribution is 2.33. The second kappa shape index (κ2) is 7.13. The summed E-state index contributed by atoms with van der Waals surface area (Å²) in [6.45, 7) is 3.05. The molecule has 3 fully saturated rings. The number of nitrogens with one attached hydrogen (secondary N) is 1. The lowest BCUT2D eigenvalue weighted by molar-refractivity contribution is -0.134.